The van der Waals surface area contributed by atoms with Gasteiger partial charge in [-0.15, -0.1) is 11.3 Å². The van der Waals surface area contributed by atoms with Gasteiger partial charge in [-0.05, 0) is 52.0 Å². The normalized spacial score (nSPS) is 19.5. The molecule has 2 aromatic rings. The molecule has 6 heteroatoms. The summed E-state index contributed by atoms with van der Waals surface area (Å²) in [7, 11) is 0. The number of amides is 1. The van der Waals surface area contributed by atoms with E-state index < -0.39 is 0 Å². The standard InChI is InChI=1S/C18H26N4OS/c1-5-11(2)21-17(23)15-13(4)14-16(19-10-20-18(14)24-15)22-9-7-6-8-12(22)3/h10-12H,5-9H2,1-4H3,(H,21,23). The molecule has 3 rings (SSSR count). The van der Waals surface area contributed by atoms with Crippen LogP contribution in [0.25, 0.3) is 10.2 Å². The van der Waals surface area contributed by atoms with Crippen LogP contribution in [0.2, 0.25) is 0 Å². The number of fused-ring (bicyclic) bond motifs is 1. The molecule has 130 valence electrons. The van der Waals surface area contributed by atoms with Gasteiger partial charge in [0.05, 0.1) is 10.3 Å². The Morgan fingerprint density at radius 2 is 2.25 bits per heavy atom. The van der Waals surface area contributed by atoms with Crippen molar-refractivity contribution in [2.24, 2.45) is 0 Å². The summed E-state index contributed by atoms with van der Waals surface area (Å²) in [5.74, 6) is 0.992. The Hall–Kier alpha value is -1.69. The van der Waals surface area contributed by atoms with Crippen molar-refractivity contribution in [2.75, 3.05) is 11.4 Å². The lowest BCUT2D eigenvalue weighted by Crippen LogP contribution is -2.38. The van der Waals surface area contributed by atoms with Crippen LogP contribution in [0.15, 0.2) is 6.33 Å². The minimum atomic E-state index is 0.00231. The third-order valence-electron chi connectivity index (χ3n) is 4.98. The number of nitrogens with one attached hydrogen (secondary N) is 1. The molecule has 2 atom stereocenters. The highest BCUT2D eigenvalue weighted by Crippen LogP contribution is 2.36. The SMILES string of the molecule is CCC(C)NC(=O)c1sc2ncnc(N3CCCCC3C)c2c1C. The number of thiophene rings is 1. The summed E-state index contributed by atoms with van der Waals surface area (Å²) in [4.78, 5) is 25.6. The highest BCUT2D eigenvalue weighted by Gasteiger charge is 2.26. The number of aryl methyl sites for hydroxylation is 1. The van der Waals surface area contributed by atoms with Crippen LogP contribution in [0.1, 0.15) is 61.7 Å². The molecule has 2 unspecified atom stereocenters. The number of anilines is 1. The Bertz CT molecular complexity index is 742. The average molecular weight is 347 g/mol. The van der Waals surface area contributed by atoms with Crippen LogP contribution >= 0.6 is 11.3 Å². The van der Waals surface area contributed by atoms with Gasteiger partial charge in [-0.1, -0.05) is 6.92 Å². The van der Waals surface area contributed by atoms with Crippen LogP contribution in [-0.2, 0) is 0 Å². The maximum Gasteiger partial charge on any atom is 0.261 e. The summed E-state index contributed by atoms with van der Waals surface area (Å²) < 4.78 is 0. The summed E-state index contributed by atoms with van der Waals surface area (Å²) >= 11 is 1.47. The first kappa shape index (κ1) is 17.1. The molecule has 3 heterocycles. The molecule has 0 bridgehead atoms. The van der Waals surface area contributed by atoms with E-state index in [1.165, 1.54) is 30.6 Å². The molecule has 0 spiro atoms. The summed E-state index contributed by atoms with van der Waals surface area (Å²) in [6, 6.07) is 0.656. The molecule has 0 saturated carbocycles. The Morgan fingerprint density at radius 3 is 2.96 bits per heavy atom. The molecule has 1 fully saturated rings. The highest BCUT2D eigenvalue weighted by molar-refractivity contribution is 7.20. The molecule has 1 N–H and O–H groups in total. The van der Waals surface area contributed by atoms with Crippen LogP contribution in [0, 0.1) is 6.92 Å². The predicted molar refractivity (Wildman–Crippen MR) is 100 cm³/mol. The van der Waals surface area contributed by atoms with Crippen molar-refractivity contribution < 1.29 is 4.79 Å². The topological polar surface area (TPSA) is 58.1 Å². The van der Waals surface area contributed by atoms with Crippen LogP contribution < -0.4 is 10.2 Å². The van der Waals surface area contributed by atoms with E-state index >= 15 is 0 Å². The molecule has 0 aromatic carbocycles. The van der Waals surface area contributed by atoms with Crippen molar-refractivity contribution in [2.45, 2.75) is 65.5 Å². The lowest BCUT2D eigenvalue weighted by Gasteiger charge is -2.34. The Balaban J connectivity index is 2.02. The monoisotopic (exact) mass is 346 g/mol. The van der Waals surface area contributed by atoms with E-state index in [1.54, 1.807) is 6.33 Å². The zero-order valence-corrected chi connectivity index (χ0v) is 15.7. The minimum absolute atomic E-state index is 0.00231. The van der Waals surface area contributed by atoms with Crippen molar-refractivity contribution in [1.82, 2.24) is 15.3 Å². The first-order chi connectivity index (χ1) is 11.5. The quantitative estimate of drug-likeness (QED) is 0.912. The number of hydrogen-bond acceptors (Lipinski definition) is 5. The zero-order valence-electron chi connectivity index (χ0n) is 14.9. The highest BCUT2D eigenvalue weighted by atomic mass is 32.1. The molecule has 1 amide bonds. The molecular weight excluding hydrogens is 320 g/mol. The summed E-state index contributed by atoms with van der Waals surface area (Å²) in [5.41, 5.74) is 1.00. The molecular formula is C18H26N4OS. The molecule has 1 saturated heterocycles. The maximum atomic E-state index is 12.6. The first-order valence-electron chi connectivity index (χ1n) is 8.84. The Morgan fingerprint density at radius 1 is 1.46 bits per heavy atom. The summed E-state index contributed by atoms with van der Waals surface area (Å²) in [6.45, 7) is 9.40. The van der Waals surface area contributed by atoms with Gasteiger partial charge in [0.1, 0.15) is 17.0 Å². The van der Waals surface area contributed by atoms with E-state index in [-0.39, 0.29) is 11.9 Å². The number of piperidine rings is 1. The molecule has 0 aliphatic carbocycles. The zero-order chi connectivity index (χ0) is 17.3. The van der Waals surface area contributed by atoms with Gasteiger partial charge in [-0.2, -0.15) is 0 Å². The molecule has 0 radical (unpaired) electrons. The number of aromatic nitrogens is 2. The van der Waals surface area contributed by atoms with E-state index in [9.17, 15) is 4.79 Å². The fraction of sp³-hybridized carbons (Fsp3) is 0.611. The van der Waals surface area contributed by atoms with Crippen molar-refractivity contribution in [3.05, 3.63) is 16.8 Å². The van der Waals surface area contributed by atoms with Gasteiger partial charge < -0.3 is 10.2 Å². The van der Waals surface area contributed by atoms with E-state index in [0.717, 1.165) is 39.4 Å². The number of carbonyl (C=O) groups excluding carboxylic acids is 1. The van der Waals surface area contributed by atoms with Crippen LogP contribution in [0.3, 0.4) is 0 Å². The lowest BCUT2D eigenvalue weighted by molar-refractivity contribution is 0.0943. The summed E-state index contributed by atoms with van der Waals surface area (Å²) in [6.07, 6.45) is 6.21. The number of nitrogens with zero attached hydrogens (tertiary/aromatic N) is 3. The fourth-order valence-corrected chi connectivity index (χ4v) is 4.34. The van der Waals surface area contributed by atoms with Gasteiger partial charge in [0, 0.05) is 18.6 Å². The Kier molecular flexibility index (Phi) is 5.04. The van der Waals surface area contributed by atoms with Crippen molar-refractivity contribution in [3.8, 4) is 0 Å². The fourth-order valence-electron chi connectivity index (χ4n) is 3.29. The van der Waals surface area contributed by atoms with E-state index in [0.29, 0.717) is 6.04 Å². The van der Waals surface area contributed by atoms with E-state index in [1.807, 2.05) is 13.8 Å². The van der Waals surface area contributed by atoms with Gasteiger partial charge >= 0.3 is 0 Å². The summed E-state index contributed by atoms with van der Waals surface area (Å²) in [5, 5.41) is 4.11. The molecule has 24 heavy (non-hydrogen) atoms. The number of carbonyl (C=O) groups is 1. The van der Waals surface area contributed by atoms with Gasteiger partial charge in [0.15, 0.2) is 0 Å². The molecule has 5 nitrogen and oxygen atoms in total. The second-order valence-electron chi connectivity index (χ2n) is 6.75. The second kappa shape index (κ2) is 7.05. The maximum absolute atomic E-state index is 12.6. The first-order valence-corrected chi connectivity index (χ1v) is 9.66. The van der Waals surface area contributed by atoms with Gasteiger partial charge in [0.2, 0.25) is 0 Å². The second-order valence-corrected chi connectivity index (χ2v) is 7.75. The molecule has 2 aromatic heterocycles. The van der Waals surface area contributed by atoms with Crippen molar-refractivity contribution >= 4 is 33.3 Å². The molecule has 1 aliphatic heterocycles. The Labute approximate surface area is 147 Å². The van der Waals surface area contributed by atoms with E-state index in [4.69, 9.17) is 0 Å². The van der Waals surface area contributed by atoms with Crippen LogP contribution in [-0.4, -0.2) is 34.5 Å². The minimum Gasteiger partial charge on any atom is -0.353 e. The number of hydrogen-bond donors (Lipinski definition) is 1. The van der Waals surface area contributed by atoms with Crippen molar-refractivity contribution in [3.63, 3.8) is 0 Å². The predicted octanol–water partition coefficient (Wildman–Crippen LogP) is 3.91. The van der Waals surface area contributed by atoms with Crippen molar-refractivity contribution in [1.29, 1.82) is 0 Å². The van der Waals surface area contributed by atoms with Gasteiger partial charge in [-0.25, -0.2) is 9.97 Å². The van der Waals surface area contributed by atoms with Crippen LogP contribution in [0.5, 0.6) is 0 Å². The third-order valence-corrected chi connectivity index (χ3v) is 6.18. The lowest BCUT2D eigenvalue weighted by atomic mass is 10.0. The smallest absolute Gasteiger partial charge is 0.261 e. The van der Waals surface area contributed by atoms with Gasteiger partial charge in [0.25, 0.3) is 5.91 Å². The van der Waals surface area contributed by atoms with Gasteiger partial charge in [-0.3, -0.25) is 4.79 Å². The average Bonchev–Trinajstić information content (AvgIpc) is 2.92. The largest absolute Gasteiger partial charge is 0.353 e. The van der Waals surface area contributed by atoms with E-state index in [2.05, 4.69) is 34.0 Å². The third kappa shape index (κ3) is 3.11. The molecule has 1 aliphatic rings. The van der Waals surface area contributed by atoms with Crippen LogP contribution in [0.4, 0.5) is 5.82 Å². The number of rotatable bonds is 4.